The third kappa shape index (κ3) is 39.5. The van der Waals surface area contributed by atoms with Crippen molar-refractivity contribution in [3.63, 3.8) is 0 Å². The molecule has 0 saturated heterocycles. The summed E-state index contributed by atoms with van der Waals surface area (Å²) in [4.78, 5) is 0. The normalized spacial score (nSPS) is 14.4. The van der Waals surface area contributed by atoms with Crippen LogP contribution < -0.4 is 0 Å². The van der Waals surface area contributed by atoms with Gasteiger partial charge in [-0.3, -0.25) is 0 Å². The summed E-state index contributed by atoms with van der Waals surface area (Å²) in [5.74, 6) is 0. The number of hydrogen-bond donors (Lipinski definition) is 0. The molecule has 0 aromatic heterocycles. The van der Waals surface area contributed by atoms with Crippen LogP contribution in [0.5, 0.6) is 0 Å². The fraction of sp³-hybridized carbons (Fsp3) is 1.00. The quantitative estimate of drug-likeness (QED) is 0.0619. The van der Waals surface area contributed by atoms with E-state index in [2.05, 4.69) is 27.8 Å². The van der Waals surface area contributed by atoms with Crippen molar-refractivity contribution < 1.29 is 29.7 Å². The van der Waals surface area contributed by atoms with Crippen LogP contribution in [0.2, 0.25) is 0 Å². The van der Waals surface area contributed by atoms with Gasteiger partial charge in [-0.15, -0.1) is 0 Å². The average Bonchev–Trinajstić information content (AvgIpc) is 2.68. The van der Waals surface area contributed by atoms with Gasteiger partial charge in [0.15, 0.2) is 0 Å². The van der Waals surface area contributed by atoms with Gasteiger partial charge in [-0.05, 0) is 38.5 Å². The van der Waals surface area contributed by atoms with Gasteiger partial charge in [0, 0.05) is 0 Å². The maximum absolute atomic E-state index is 10.7. The van der Waals surface area contributed by atoms with Gasteiger partial charge >= 0.3 is 33.0 Å². The molecule has 0 aliphatic heterocycles. The van der Waals surface area contributed by atoms with Crippen LogP contribution in [0.25, 0.3) is 0 Å². The zero-order chi connectivity index (χ0) is 25.8. The van der Waals surface area contributed by atoms with Crippen LogP contribution in [0.15, 0.2) is 0 Å². The van der Waals surface area contributed by atoms with Crippen molar-refractivity contribution in [2.45, 2.75) is 136 Å². The summed E-state index contributed by atoms with van der Waals surface area (Å²) < 4.78 is 60.6. The molecule has 0 heterocycles. The Morgan fingerprint density at radius 1 is 0.394 bits per heavy atom. The Labute approximate surface area is 200 Å². The Bertz CT molecular complexity index is 386. The van der Waals surface area contributed by atoms with E-state index in [9.17, 15) is 25.2 Å². The Balaban J connectivity index is 0. The van der Waals surface area contributed by atoms with Gasteiger partial charge in [0.25, 0.3) is 0 Å². The fourth-order valence-corrected chi connectivity index (χ4v) is 4.16. The van der Waals surface area contributed by atoms with Gasteiger partial charge < -0.3 is 4.48 Å². The number of rotatable bonds is 21. The summed E-state index contributed by atoms with van der Waals surface area (Å²) in [6, 6.07) is 0. The first kappa shape index (κ1) is 35.1. The van der Waals surface area contributed by atoms with E-state index in [-0.39, 0.29) is 0 Å². The Hall–Kier alpha value is -0.0300. The summed E-state index contributed by atoms with van der Waals surface area (Å²) in [5, 5.41) is 0. The van der Waals surface area contributed by atoms with Crippen molar-refractivity contribution in [1.29, 1.82) is 0 Å². The number of quaternary nitrogens is 1. The van der Waals surface area contributed by atoms with Gasteiger partial charge in [0.05, 0.1) is 26.7 Å². The summed E-state index contributed by atoms with van der Waals surface area (Å²) in [6.45, 7) is 11.2. The molecule has 0 atom stereocenters. The zero-order valence-corrected chi connectivity index (χ0v) is 22.9. The Morgan fingerprint density at radius 2 is 0.576 bits per heavy atom. The van der Waals surface area contributed by atoms with Crippen LogP contribution in [0.4, 0.5) is 25.2 Å². The van der Waals surface area contributed by atoms with Crippen molar-refractivity contribution in [1.82, 2.24) is 0 Å². The number of hydrogen-bond acceptors (Lipinski definition) is 0. The molecule has 0 aliphatic rings. The van der Waals surface area contributed by atoms with Crippen molar-refractivity contribution >= 4 is 7.81 Å². The van der Waals surface area contributed by atoms with E-state index in [1.54, 1.807) is 0 Å². The number of nitrogens with zero attached hydrogens (tertiary/aromatic N) is 1. The van der Waals surface area contributed by atoms with Gasteiger partial charge in [-0.2, -0.15) is 0 Å². The summed E-state index contributed by atoms with van der Waals surface area (Å²) in [7, 11) is -8.10. The van der Waals surface area contributed by atoms with Gasteiger partial charge in [0.1, 0.15) is 0 Å². The van der Waals surface area contributed by atoms with Crippen LogP contribution in [0.3, 0.4) is 0 Å². The molecule has 0 unspecified atom stereocenters. The number of unbranched alkanes of at least 4 members (excludes halogenated alkanes) is 15. The van der Waals surface area contributed by atoms with E-state index in [0.717, 1.165) is 0 Å². The molecular formula is C25H54F6NP. The first-order valence-corrected chi connectivity index (χ1v) is 15.6. The SMILES string of the molecule is CCCCCCCC[N+](C)(CCCCCCCC)CCCCCCCC.F[P-](F)(F)(F)(F)F. The summed E-state index contributed by atoms with van der Waals surface area (Å²) in [5.41, 5.74) is 0. The van der Waals surface area contributed by atoms with Crippen LogP contribution >= 0.6 is 7.81 Å². The minimum absolute atomic E-state index is 1.36. The maximum atomic E-state index is 9.87. The zero-order valence-electron chi connectivity index (χ0n) is 22.0. The molecule has 0 spiro atoms. The van der Waals surface area contributed by atoms with Crippen LogP contribution in [0, 0.1) is 0 Å². The van der Waals surface area contributed by atoms with E-state index < -0.39 is 7.81 Å². The molecule has 1 nitrogen and oxygen atoms in total. The molecule has 0 N–H and O–H groups in total. The second-order valence-corrected chi connectivity index (χ2v) is 12.0. The molecule has 0 rings (SSSR count). The van der Waals surface area contributed by atoms with E-state index in [4.69, 9.17) is 0 Å². The molecule has 0 radical (unpaired) electrons. The van der Waals surface area contributed by atoms with Crippen LogP contribution in [-0.4, -0.2) is 31.2 Å². The summed E-state index contributed by atoms with van der Waals surface area (Å²) >= 11 is 0. The molecule has 0 aliphatic carbocycles. The van der Waals surface area contributed by atoms with Gasteiger partial charge in [0.2, 0.25) is 0 Å². The van der Waals surface area contributed by atoms with E-state index in [1.807, 2.05) is 0 Å². The van der Waals surface area contributed by atoms with Crippen molar-refractivity contribution in [3.8, 4) is 0 Å². The van der Waals surface area contributed by atoms with Crippen molar-refractivity contribution in [2.24, 2.45) is 0 Å². The van der Waals surface area contributed by atoms with E-state index in [0.29, 0.717) is 0 Å². The van der Waals surface area contributed by atoms with Crippen LogP contribution in [-0.2, 0) is 0 Å². The van der Waals surface area contributed by atoms with E-state index in [1.165, 1.54) is 140 Å². The second kappa shape index (κ2) is 17.4. The van der Waals surface area contributed by atoms with Gasteiger partial charge in [-0.25, -0.2) is 0 Å². The molecule has 8 heteroatoms. The fourth-order valence-electron chi connectivity index (χ4n) is 4.16. The average molecular weight is 514 g/mol. The first-order valence-electron chi connectivity index (χ1n) is 13.5. The van der Waals surface area contributed by atoms with E-state index >= 15 is 0 Å². The minimum atomic E-state index is -10.7. The molecular weight excluding hydrogens is 459 g/mol. The van der Waals surface area contributed by atoms with Crippen LogP contribution in [0.1, 0.15) is 136 Å². The van der Waals surface area contributed by atoms with Gasteiger partial charge in [-0.1, -0.05) is 97.8 Å². The third-order valence-electron chi connectivity index (χ3n) is 6.15. The predicted octanol–water partition coefficient (Wildman–Crippen LogP) is 11.9. The topological polar surface area (TPSA) is 0 Å². The molecule has 0 fully saturated rings. The molecule has 0 aromatic rings. The molecule has 0 aromatic carbocycles. The number of halogens is 6. The standard InChI is InChI=1S/C25H54N.F6P/c1-5-8-11-14-17-20-23-26(4,24-21-18-15-12-9-6-2)25-22-19-16-13-10-7-3;1-7(2,3,4,5)6/h5-25H2,1-4H3;/q+1;-1. The second-order valence-electron chi connectivity index (χ2n) is 10.1. The summed E-state index contributed by atoms with van der Waals surface area (Å²) in [6.07, 6.45) is 25.9. The first-order chi connectivity index (χ1) is 15.1. The third-order valence-corrected chi connectivity index (χ3v) is 6.15. The Morgan fingerprint density at radius 3 is 0.788 bits per heavy atom. The molecule has 0 bridgehead atoms. The Kier molecular flexibility index (Phi) is 18.5. The monoisotopic (exact) mass is 513 g/mol. The van der Waals surface area contributed by atoms with Crippen molar-refractivity contribution in [3.05, 3.63) is 0 Å². The predicted molar refractivity (Wildman–Crippen MR) is 134 cm³/mol. The molecule has 206 valence electrons. The molecule has 0 amide bonds. The van der Waals surface area contributed by atoms with Crippen molar-refractivity contribution in [2.75, 3.05) is 26.7 Å². The molecule has 0 saturated carbocycles. The molecule has 33 heavy (non-hydrogen) atoms.